The van der Waals surface area contributed by atoms with E-state index >= 15 is 0 Å². The highest BCUT2D eigenvalue weighted by Gasteiger charge is 2.27. The monoisotopic (exact) mass is 199 g/mol. The fourth-order valence-electron chi connectivity index (χ4n) is 1.72. The molecule has 1 aliphatic carbocycles. The second kappa shape index (κ2) is 5.86. The van der Waals surface area contributed by atoms with Crippen LogP contribution in [-0.4, -0.2) is 35.1 Å². The van der Waals surface area contributed by atoms with Crippen LogP contribution in [0.25, 0.3) is 0 Å². The Hall–Kier alpha value is -0.770. The summed E-state index contributed by atoms with van der Waals surface area (Å²) in [5, 5.41) is 11.3. The molecule has 0 spiro atoms. The average molecular weight is 199 g/mol. The first kappa shape index (κ1) is 11.3. The summed E-state index contributed by atoms with van der Waals surface area (Å²) in [6.45, 7) is 4.47. The van der Waals surface area contributed by atoms with Crippen molar-refractivity contribution in [3.63, 3.8) is 0 Å². The highest BCUT2D eigenvalue weighted by molar-refractivity contribution is 5.79. The molecule has 4 heteroatoms. The van der Waals surface area contributed by atoms with E-state index in [2.05, 4.69) is 17.0 Å². The van der Waals surface area contributed by atoms with Crippen LogP contribution >= 0.6 is 0 Å². The number of hydrogen-bond donors (Lipinski definition) is 2. The summed E-state index contributed by atoms with van der Waals surface area (Å²) in [5.74, 6) is 0.345. The van der Waals surface area contributed by atoms with Crippen molar-refractivity contribution in [3.8, 4) is 0 Å². The summed E-state index contributed by atoms with van der Waals surface area (Å²) >= 11 is 0. The first-order valence-electron chi connectivity index (χ1n) is 5.48. The van der Waals surface area contributed by atoms with Gasteiger partial charge in [0.25, 0.3) is 0 Å². The smallest absolute Gasteiger partial charge is 0.139 e. The zero-order chi connectivity index (χ0) is 10.4. The lowest BCUT2D eigenvalue weighted by Gasteiger charge is -2.20. The van der Waals surface area contributed by atoms with E-state index in [1.165, 1.54) is 25.8 Å². The van der Waals surface area contributed by atoms with E-state index in [1.54, 1.807) is 0 Å². The summed E-state index contributed by atoms with van der Waals surface area (Å²) in [5.41, 5.74) is 5.41. The molecular weight excluding hydrogens is 178 g/mol. The summed E-state index contributed by atoms with van der Waals surface area (Å²) in [7, 11) is 0. The lowest BCUT2D eigenvalue weighted by Crippen LogP contribution is -2.28. The van der Waals surface area contributed by atoms with Crippen LogP contribution < -0.4 is 5.73 Å². The standard InChI is InChI=1S/C10H21N3O/c1-2-7-13(9-5-6-9)8-3-4-10(11)12-14/h9,14H,2-8H2,1H3,(H2,11,12). The van der Waals surface area contributed by atoms with Crippen molar-refractivity contribution in [2.24, 2.45) is 10.9 Å². The zero-order valence-corrected chi connectivity index (χ0v) is 8.95. The Balaban J connectivity index is 2.13. The molecule has 0 aromatic rings. The van der Waals surface area contributed by atoms with E-state index in [1.807, 2.05) is 0 Å². The van der Waals surface area contributed by atoms with Gasteiger partial charge in [-0.15, -0.1) is 0 Å². The summed E-state index contributed by atoms with van der Waals surface area (Å²) < 4.78 is 0. The number of nitrogens with two attached hydrogens (primary N) is 1. The van der Waals surface area contributed by atoms with E-state index in [0.29, 0.717) is 12.3 Å². The van der Waals surface area contributed by atoms with Crippen LogP contribution in [0, 0.1) is 0 Å². The number of rotatable bonds is 7. The van der Waals surface area contributed by atoms with Crippen LogP contribution in [0.2, 0.25) is 0 Å². The molecule has 0 heterocycles. The van der Waals surface area contributed by atoms with Crippen molar-refractivity contribution >= 4 is 5.84 Å². The third-order valence-corrected chi connectivity index (χ3v) is 2.58. The highest BCUT2D eigenvalue weighted by Crippen LogP contribution is 2.26. The molecule has 0 bridgehead atoms. The Morgan fingerprint density at radius 2 is 2.21 bits per heavy atom. The van der Waals surface area contributed by atoms with E-state index in [-0.39, 0.29) is 0 Å². The predicted octanol–water partition coefficient (Wildman–Crippen LogP) is 1.39. The second-order valence-electron chi connectivity index (χ2n) is 3.96. The van der Waals surface area contributed by atoms with Gasteiger partial charge in [-0.2, -0.15) is 0 Å². The van der Waals surface area contributed by atoms with Crippen LogP contribution in [0.3, 0.4) is 0 Å². The predicted molar refractivity (Wildman–Crippen MR) is 57.5 cm³/mol. The summed E-state index contributed by atoms with van der Waals surface area (Å²) in [6.07, 6.45) is 5.60. The third-order valence-electron chi connectivity index (χ3n) is 2.58. The maximum Gasteiger partial charge on any atom is 0.139 e. The molecule has 0 aromatic heterocycles. The van der Waals surface area contributed by atoms with Crippen LogP contribution in [0.5, 0.6) is 0 Å². The topological polar surface area (TPSA) is 61.8 Å². The van der Waals surface area contributed by atoms with Crippen LogP contribution in [-0.2, 0) is 0 Å². The Bertz CT molecular complexity index is 190. The van der Waals surface area contributed by atoms with E-state index in [0.717, 1.165) is 19.0 Å². The van der Waals surface area contributed by atoms with Crippen molar-refractivity contribution in [1.82, 2.24) is 4.90 Å². The van der Waals surface area contributed by atoms with Crippen molar-refractivity contribution in [2.75, 3.05) is 13.1 Å². The van der Waals surface area contributed by atoms with Crippen LogP contribution in [0.4, 0.5) is 0 Å². The Morgan fingerprint density at radius 1 is 1.50 bits per heavy atom. The first-order chi connectivity index (χ1) is 6.77. The fraction of sp³-hybridized carbons (Fsp3) is 0.900. The molecular formula is C10H21N3O. The van der Waals surface area contributed by atoms with Crippen molar-refractivity contribution in [1.29, 1.82) is 0 Å². The normalized spacial score (nSPS) is 17.7. The number of nitrogens with zero attached hydrogens (tertiary/aromatic N) is 2. The van der Waals surface area contributed by atoms with Gasteiger partial charge in [-0.25, -0.2) is 0 Å². The van der Waals surface area contributed by atoms with E-state index in [9.17, 15) is 0 Å². The molecule has 1 saturated carbocycles. The molecule has 0 aliphatic heterocycles. The van der Waals surface area contributed by atoms with Gasteiger partial charge in [0.15, 0.2) is 0 Å². The lowest BCUT2D eigenvalue weighted by atomic mass is 10.2. The lowest BCUT2D eigenvalue weighted by molar-refractivity contribution is 0.261. The molecule has 4 nitrogen and oxygen atoms in total. The SMILES string of the molecule is CCCN(CCC/C(N)=N/O)C1CC1. The molecule has 0 radical (unpaired) electrons. The van der Waals surface area contributed by atoms with Crippen molar-refractivity contribution in [3.05, 3.63) is 0 Å². The maximum atomic E-state index is 8.37. The van der Waals surface area contributed by atoms with Crippen LogP contribution in [0.15, 0.2) is 5.16 Å². The zero-order valence-electron chi connectivity index (χ0n) is 8.95. The van der Waals surface area contributed by atoms with Crippen molar-refractivity contribution in [2.45, 2.75) is 45.1 Å². The number of hydrogen-bond acceptors (Lipinski definition) is 3. The van der Waals surface area contributed by atoms with E-state index in [4.69, 9.17) is 10.9 Å². The highest BCUT2D eigenvalue weighted by atomic mass is 16.4. The van der Waals surface area contributed by atoms with Gasteiger partial charge in [-0.1, -0.05) is 12.1 Å². The van der Waals surface area contributed by atoms with Gasteiger partial charge < -0.3 is 15.8 Å². The summed E-state index contributed by atoms with van der Waals surface area (Å²) in [4.78, 5) is 2.52. The molecule has 1 rings (SSSR count). The number of amidine groups is 1. The Kier molecular flexibility index (Phi) is 4.73. The average Bonchev–Trinajstić information content (AvgIpc) is 2.99. The van der Waals surface area contributed by atoms with Gasteiger partial charge in [0, 0.05) is 12.5 Å². The van der Waals surface area contributed by atoms with Gasteiger partial charge in [-0.3, -0.25) is 0 Å². The Labute approximate surface area is 85.8 Å². The molecule has 0 atom stereocenters. The maximum absolute atomic E-state index is 8.37. The van der Waals surface area contributed by atoms with Gasteiger partial charge in [0.05, 0.1) is 0 Å². The second-order valence-corrected chi connectivity index (χ2v) is 3.96. The van der Waals surface area contributed by atoms with Gasteiger partial charge in [0.2, 0.25) is 0 Å². The summed E-state index contributed by atoms with van der Waals surface area (Å²) in [6, 6.07) is 0.822. The molecule has 14 heavy (non-hydrogen) atoms. The Morgan fingerprint density at radius 3 is 2.71 bits per heavy atom. The molecule has 82 valence electrons. The fourth-order valence-corrected chi connectivity index (χ4v) is 1.72. The van der Waals surface area contributed by atoms with Gasteiger partial charge in [0.1, 0.15) is 5.84 Å². The minimum Gasteiger partial charge on any atom is -0.409 e. The quantitative estimate of drug-likeness (QED) is 0.282. The van der Waals surface area contributed by atoms with E-state index < -0.39 is 0 Å². The largest absolute Gasteiger partial charge is 0.409 e. The minimum absolute atomic E-state index is 0.345. The molecule has 0 amide bonds. The van der Waals surface area contributed by atoms with Crippen molar-refractivity contribution < 1.29 is 5.21 Å². The third kappa shape index (κ3) is 3.96. The molecule has 3 N–H and O–H groups in total. The molecule has 0 aromatic carbocycles. The number of oxime groups is 1. The molecule has 0 unspecified atom stereocenters. The molecule has 1 aliphatic rings. The molecule has 1 fully saturated rings. The minimum atomic E-state index is 0.345. The van der Waals surface area contributed by atoms with Gasteiger partial charge in [-0.05, 0) is 38.8 Å². The molecule has 0 saturated heterocycles. The first-order valence-corrected chi connectivity index (χ1v) is 5.48. The van der Waals surface area contributed by atoms with Gasteiger partial charge >= 0.3 is 0 Å². The van der Waals surface area contributed by atoms with Crippen LogP contribution in [0.1, 0.15) is 39.0 Å².